The van der Waals surface area contributed by atoms with Crippen LogP contribution in [0.3, 0.4) is 0 Å². The number of rotatable bonds is 3. The first-order valence-electron chi connectivity index (χ1n) is 11.0. The van der Waals surface area contributed by atoms with Crippen LogP contribution in [0.15, 0.2) is 54.9 Å². The molecule has 1 fully saturated rings. The number of pyridine rings is 1. The molecule has 0 saturated carbocycles. The SMILES string of the molecule is CN(C)c1ncccc1C(=O)N1CCC2(CC1)OCCc1cnc(-c3ccccc3)nc12. The molecule has 5 rings (SSSR count). The van der Waals surface area contributed by atoms with E-state index >= 15 is 0 Å². The molecule has 0 radical (unpaired) electrons. The van der Waals surface area contributed by atoms with Gasteiger partial charge in [0.05, 0.1) is 17.9 Å². The van der Waals surface area contributed by atoms with E-state index < -0.39 is 5.60 Å². The molecule has 0 aliphatic carbocycles. The Hall–Kier alpha value is -3.32. The lowest BCUT2D eigenvalue weighted by atomic mass is 9.83. The summed E-state index contributed by atoms with van der Waals surface area (Å²) < 4.78 is 6.37. The quantitative estimate of drug-likeness (QED) is 0.636. The fraction of sp³-hybridized carbons (Fsp3) is 0.360. The van der Waals surface area contributed by atoms with Crippen molar-refractivity contribution in [1.82, 2.24) is 19.9 Å². The van der Waals surface area contributed by atoms with Gasteiger partial charge in [0.25, 0.3) is 5.91 Å². The normalized spacial score (nSPS) is 17.1. The number of hydrogen-bond donors (Lipinski definition) is 0. The van der Waals surface area contributed by atoms with Crippen LogP contribution in [0.5, 0.6) is 0 Å². The molecular formula is C25H27N5O2. The van der Waals surface area contributed by atoms with Gasteiger partial charge in [-0.1, -0.05) is 30.3 Å². The summed E-state index contributed by atoms with van der Waals surface area (Å²) in [7, 11) is 3.81. The van der Waals surface area contributed by atoms with Gasteiger partial charge in [0.1, 0.15) is 11.4 Å². The molecule has 164 valence electrons. The van der Waals surface area contributed by atoms with Gasteiger partial charge in [-0.3, -0.25) is 4.79 Å². The maximum atomic E-state index is 13.3. The Morgan fingerprint density at radius 3 is 2.59 bits per heavy atom. The summed E-state index contributed by atoms with van der Waals surface area (Å²) in [4.78, 5) is 31.0. The van der Waals surface area contributed by atoms with E-state index in [2.05, 4.69) is 9.97 Å². The van der Waals surface area contributed by atoms with Gasteiger partial charge < -0.3 is 14.5 Å². The molecule has 0 bridgehead atoms. The van der Waals surface area contributed by atoms with E-state index in [1.54, 1.807) is 6.20 Å². The van der Waals surface area contributed by atoms with Crippen molar-refractivity contribution in [2.75, 3.05) is 38.7 Å². The highest BCUT2D eigenvalue weighted by Gasteiger charge is 2.43. The molecule has 32 heavy (non-hydrogen) atoms. The smallest absolute Gasteiger partial charge is 0.257 e. The van der Waals surface area contributed by atoms with Crippen LogP contribution in [0, 0.1) is 0 Å². The summed E-state index contributed by atoms with van der Waals surface area (Å²) in [6, 6.07) is 13.7. The lowest BCUT2D eigenvalue weighted by molar-refractivity contribution is -0.0967. The molecule has 0 atom stereocenters. The van der Waals surface area contributed by atoms with Crippen molar-refractivity contribution in [2.24, 2.45) is 0 Å². The van der Waals surface area contributed by atoms with Gasteiger partial charge in [-0.15, -0.1) is 0 Å². The number of fused-ring (bicyclic) bond motifs is 2. The summed E-state index contributed by atoms with van der Waals surface area (Å²) in [5.41, 5.74) is 3.30. The van der Waals surface area contributed by atoms with Crippen LogP contribution in [-0.2, 0) is 16.8 Å². The third-order valence-corrected chi connectivity index (χ3v) is 6.38. The highest BCUT2D eigenvalue weighted by molar-refractivity contribution is 5.98. The largest absolute Gasteiger partial charge is 0.368 e. The lowest BCUT2D eigenvalue weighted by Crippen LogP contribution is -2.49. The predicted octanol–water partition coefficient (Wildman–Crippen LogP) is 3.31. The summed E-state index contributed by atoms with van der Waals surface area (Å²) in [6.07, 6.45) is 5.92. The number of ether oxygens (including phenoxy) is 1. The van der Waals surface area contributed by atoms with Crippen molar-refractivity contribution in [3.8, 4) is 11.4 Å². The zero-order valence-corrected chi connectivity index (χ0v) is 18.5. The van der Waals surface area contributed by atoms with Crippen LogP contribution in [0.1, 0.15) is 34.5 Å². The van der Waals surface area contributed by atoms with E-state index in [0.29, 0.717) is 43.9 Å². The third kappa shape index (κ3) is 3.62. The number of aromatic nitrogens is 3. The number of likely N-dealkylation sites (tertiary alicyclic amines) is 1. The molecule has 0 N–H and O–H groups in total. The van der Waals surface area contributed by atoms with Crippen LogP contribution >= 0.6 is 0 Å². The van der Waals surface area contributed by atoms with E-state index in [1.165, 1.54) is 0 Å². The lowest BCUT2D eigenvalue weighted by Gasteiger charge is -2.44. The van der Waals surface area contributed by atoms with Crippen molar-refractivity contribution in [2.45, 2.75) is 24.9 Å². The number of nitrogens with zero attached hydrogens (tertiary/aromatic N) is 5. The van der Waals surface area contributed by atoms with Crippen molar-refractivity contribution >= 4 is 11.7 Å². The molecule has 0 unspecified atom stereocenters. The number of benzene rings is 1. The second kappa shape index (κ2) is 8.31. The minimum atomic E-state index is -0.462. The number of anilines is 1. The molecule has 2 aliphatic heterocycles. The second-order valence-corrected chi connectivity index (χ2v) is 8.59. The van der Waals surface area contributed by atoms with Gasteiger partial charge in [0, 0.05) is 45.1 Å². The highest BCUT2D eigenvalue weighted by Crippen LogP contribution is 2.41. The predicted molar refractivity (Wildman–Crippen MR) is 123 cm³/mol. The molecule has 7 heteroatoms. The number of carbonyl (C=O) groups is 1. The maximum Gasteiger partial charge on any atom is 0.257 e. The second-order valence-electron chi connectivity index (χ2n) is 8.59. The fourth-order valence-corrected chi connectivity index (χ4v) is 4.68. The number of hydrogen-bond acceptors (Lipinski definition) is 6. The van der Waals surface area contributed by atoms with Crippen molar-refractivity contribution in [3.05, 3.63) is 71.7 Å². The number of amides is 1. The first kappa shape index (κ1) is 20.6. The van der Waals surface area contributed by atoms with Gasteiger partial charge in [0.15, 0.2) is 5.82 Å². The average Bonchev–Trinajstić information content (AvgIpc) is 2.85. The molecule has 2 aliphatic rings. The first-order chi connectivity index (χ1) is 15.6. The fourth-order valence-electron chi connectivity index (χ4n) is 4.68. The van der Waals surface area contributed by atoms with Crippen LogP contribution < -0.4 is 4.90 Å². The Morgan fingerprint density at radius 1 is 1.06 bits per heavy atom. The molecule has 7 nitrogen and oxygen atoms in total. The highest BCUT2D eigenvalue weighted by atomic mass is 16.5. The average molecular weight is 430 g/mol. The molecule has 4 heterocycles. The Kier molecular flexibility index (Phi) is 5.35. The van der Waals surface area contributed by atoms with E-state index in [1.807, 2.05) is 72.6 Å². The van der Waals surface area contributed by atoms with Crippen molar-refractivity contribution in [1.29, 1.82) is 0 Å². The topological polar surface area (TPSA) is 71.5 Å². The Balaban J connectivity index is 1.40. The zero-order valence-electron chi connectivity index (χ0n) is 18.5. The Labute approximate surface area is 188 Å². The Morgan fingerprint density at radius 2 is 1.84 bits per heavy atom. The third-order valence-electron chi connectivity index (χ3n) is 6.38. The summed E-state index contributed by atoms with van der Waals surface area (Å²) in [5, 5.41) is 0. The molecular weight excluding hydrogens is 402 g/mol. The zero-order chi connectivity index (χ0) is 22.1. The minimum Gasteiger partial charge on any atom is -0.368 e. The number of carbonyl (C=O) groups excluding carboxylic acids is 1. The molecule has 3 aromatic rings. The molecule has 1 aromatic carbocycles. The maximum absolute atomic E-state index is 13.3. The monoisotopic (exact) mass is 429 g/mol. The van der Waals surface area contributed by atoms with Crippen LogP contribution in [0.4, 0.5) is 5.82 Å². The van der Waals surface area contributed by atoms with Crippen molar-refractivity contribution < 1.29 is 9.53 Å². The molecule has 1 amide bonds. The molecule has 2 aromatic heterocycles. The van der Waals surface area contributed by atoms with Gasteiger partial charge >= 0.3 is 0 Å². The standard InChI is InChI=1S/C25H27N5O2/c1-29(2)23-20(9-6-13-26-23)24(31)30-14-11-25(12-15-30)21-19(10-16-32-25)17-27-22(28-21)18-7-4-3-5-8-18/h3-9,13,17H,10-12,14-16H2,1-2H3. The van der Waals surface area contributed by atoms with Gasteiger partial charge in [-0.05, 0) is 37.0 Å². The summed E-state index contributed by atoms with van der Waals surface area (Å²) in [6.45, 7) is 1.89. The van der Waals surface area contributed by atoms with Crippen LogP contribution in [-0.4, -0.2) is 59.6 Å². The number of piperidine rings is 1. The van der Waals surface area contributed by atoms with Gasteiger partial charge in [-0.25, -0.2) is 15.0 Å². The van der Waals surface area contributed by atoms with E-state index in [9.17, 15) is 4.79 Å². The Bertz CT molecular complexity index is 1120. The van der Waals surface area contributed by atoms with E-state index in [0.717, 1.165) is 29.1 Å². The summed E-state index contributed by atoms with van der Waals surface area (Å²) in [5.74, 6) is 1.43. The first-order valence-corrected chi connectivity index (χ1v) is 11.0. The van der Waals surface area contributed by atoms with E-state index in [-0.39, 0.29) is 5.91 Å². The minimum absolute atomic E-state index is 0.0142. The molecule has 1 spiro atoms. The summed E-state index contributed by atoms with van der Waals surface area (Å²) >= 11 is 0. The molecule has 1 saturated heterocycles. The van der Waals surface area contributed by atoms with Gasteiger partial charge in [0.2, 0.25) is 0 Å². The van der Waals surface area contributed by atoms with E-state index in [4.69, 9.17) is 9.72 Å². The van der Waals surface area contributed by atoms with Gasteiger partial charge in [-0.2, -0.15) is 0 Å². The van der Waals surface area contributed by atoms with Crippen molar-refractivity contribution in [3.63, 3.8) is 0 Å². The van der Waals surface area contributed by atoms with Crippen LogP contribution in [0.25, 0.3) is 11.4 Å². The van der Waals surface area contributed by atoms with Crippen LogP contribution in [0.2, 0.25) is 0 Å².